The summed E-state index contributed by atoms with van der Waals surface area (Å²) in [7, 11) is 0. The van der Waals surface area contributed by atoms with Gasteiger partial charge in [0, 0.05) is 25.5 Å². The molecule has 1 aromatic heterocycles. The lowest BCUT2D eigenvalue weighted by Crippen LogP contribution is -2.23. The van der Waals surface area contributed by atoms with Crippen molar-refractivity contribution in [3.8, 4) is 5.69 Å². The highest BCUT2D eigenvalue weighted by Gasteiger charge is 2.08. The fourth-order valence-corrected chi connectivity index (χ4v) is 1.92. The second kappa shape index (κ2) is 4.84. The molecule has 0 spiro atoms. The molecule has 0 unspecified atom stereocenters. The van der Waals surface area contributed by atoms with E-state index in [2.05, 4.69) is 48.0 Å². The van der Waals surface area contributed by atoms with E-state index in [1.54, 1.807) is 6.20 Å². The molecule has 0 amide bonds. The SMILES string of the molecule is CCN(CC)c1ccccc1-n1ccnc1. The molecule has 3 nitrogen and oxygen atoms in total. The summed E-state index contributed by atoms with van der Waals surface area (Å²) < 4.78 is 2.05. The number of anilines is 1. The van der Waals surface area contributed by atoms with Crippen molar-refractivity contribution in [3.05, 3.63) is 43.0 Å². The highest BCUT2D eigenvalue weighted by molar-refractivity contribution is 5.62. The van der Waals surface area contributed by atoms with Crippen LogP contribution in [0.5, 0.6) is 0 Å². The molecular weight excluding hydrogens is 198 g/mol. The van der Waals surface area contributed by atoms with Crippen LogP contribution in [0.15, 0.2) is 43.0 Å². The molecule has 0 radical (unpaired) electrons. The number of aromatic nitrogens is 2. The lowest BCUT2D eigenvalue weighted by molar-refractivity contribution is 0.856. The lowest BCUT2D eigenvalue weighted by Gasteiger charge is -2.24. The van der Waals surface area contributed by atoms with Gasteiger partial charge in [-0.25, -0.2) is 4.98 Å². The van der Waals surface area contributed by atoms with Gasteiger partial charge in [-0.2, -0.15) is 0 Å². The Bertz CT molecular complexity index is 430. The highest BCUT2D eigenvalue weighted by atomic mass is 15.1. The second-order valence-electron chi connectivity index (χ2n) is 3.63. The fraction of sp³-hybridized carbons (Fsp3) is 0.308. The van der Waals surface area contributed by atoms with Crippen molar-refractivity contribution in [1.82, 2.24) is 9.55 Å². The summed E-state index contributed by atoms with van der Waals surface area (Å²) >= 11 is 0. The molecule has 3 heteroatoms. The molecule has 0 aliphatic heterocycles. The number of imidazole rings is 1. The molecule has 0 aliphatic rings. The van der Waals surface area contributed by atoms with Gasteiger partial charge in [0.15, 0.2) is 0 Å². The van der Waals surface area contributed by atoms with Gasteiger partial charge in [0.1, 0.15) is 0 Å². The lowest BCUT2D eigenvalue weighted by atomic mass is 10.2. The summed E-state index contributed by atoms with van der Waals surface area (Å²) in [6.07, 6.45) is 5.61. The average molecular weight is 215 g/mol. The van der Waals surface area contributed by atoms with E-state index < -0.39 is 0 Å². The first-order chi connectivity index (χ1) is 7.86. The molecule has 0 saturated carbocycles. The standard InChI is InChI=1S/C13H17N3/c1-3-15(4-2)12-7-5-6-8-13(12)16-10-9-14-11-16/h5-11H,3-4H2,1-2H3. The molecule has 0 N–H and O–H groups in total. The van der Waals surface area contributed by atoms with E-state index in [1.807, 2.05) is 17.1 Å². The first-order valence-electron chi connectivity index (χ1n) is 5.69. The summed E-state index contributed by atoms with van der Waals surface area (Å²) in [5.41, 5.74) is 2.44. The van der Waals surface area contributed by atoms with Crippen LogP contribution in [-0.2, 0) is 0 Å². The van der Waals surface area contributed by atoms with Gasteiger partial charge < -0.3 is 9.47 Å². The number of para-hydroxylation sites is 2. The van der Waals surface area contributed by atoms with Gasteiger partial charge >= 0.3 is 0 Å². The molecule has 1 aromatic carbocycles. The van der Waals surface area contributed by atoms with Gasteiger partial charge in [-0.05, 0) is 26.0 Å². The van der Waals surface area contributed by atoms with Crippen LogP contribution in [0.2, 0.25) is 0 Å². The van der Waals surface area contributed by atoms with Crippen molar-refractivity contribution >= 4 is 5.69 Å². The predicted molar refractivity (Wildman–Crippen MR) is 67.1 cm³/mol. The minimum absolute atomic E-state index is 1.02. The van der Waals surface area contributed by atoms with E-state index in [0.29, 0.717) is 0 Å². The van der Waals surface area contributed by atoms with Crippen molar-refractivity contribution in [2.45, 2.75) is 13.8 Å². The molecule has 0 saturated heterocycles. The largest absolute Gasteiger partial charge is 0.370 e. The van der Waals surface area contributed by atoms with Crippen molar-refractivity contribution in [1.29, 1.82) is 0 Å². The molecule has 1 heterocycles. The van der Waals surface area contributed by atoms with Crippen LogP contribution in [0.3, 0.4) is 0 Å². The number of rotatable bonds is 4. The number of hydrogen-bond acceptors (Lipinski definition) is 2. The van der Waals surface area contributed by atoms with Crippen LogP contribution < -0.4 is 4.90 Å². The summed E-state index contributed by atoms with van der Waals surface area (Å²) in [5, 5.41) is 0. The minimum Gasteiger partial charge on any atom is -0.370 e. The van der Waals surface area contributed by atoms with Gasteiger partial charge in [-0.3, -0.25) is 0 Å². The number of benzene rings is 1. The number of hydrogen-bond donors (Lipinski definition) is 0. The first kappa shape index (κ1) is 10.7. The van der Waals surface area contributed by atoms with Crippen molar-refractivity contribution < 1.29 is 0 Å². The topological polar surface area (TPSA) is 21.1 Å². The third-order valence-electron chi connectivity index (χ3n) is 2.77. The second-order valence-corrected chi connectivity index (χ2v) is 3.63. The first-order valence-corrected chi connectivity index (χ1v) is 5.69. The van der Waals surface area contributed by atoms with Gasteiger partial charge in [-0.1, -0.05) is 12.1 Å². The zero-order valence-corrected chi connectivity index (χ0v) is 9.80. The predicted octanol–water partition coefficient (Wildman–Crippen LogP) is 2.72. The molecule has 2 rings (SSSR count). The van der Waals surface area contributed by atoms with Gasteiger partial charge in [-0.15, -0.1) is 0 Å². The summed E-state index contributed by atoms with van der Waals surface area (Å²) in [4.78, 5) is 6.44. The van der Waals surface area contributed by atoms with Crippen LogP contribution >= 0.6 is 0 Å². The molecule has 0 bridgehead atoms. The zero-order valence-electron chi connectivity index (χ0n) is 9.80. The molecule has 0 aliphatic carbocycles. The number of nitrogens with zero attached hydrogens (tertiary/aromatic N) is 3. The van der Waals surface area contributed by atoms with Crippen LogP contribution in [0, 0.1) is 0 Å². The van der Waals surface area contributed by atoms with Crippen LogP contribution in [-0.4, -0.2) is 22.6 Å². The average Bonchev–Trinajstić information content (AvgIpc) is 2.85. The smallest absolute Gasteiger partial charge is 0.0992 e. The Morgan fingerprint density at radius 1 is 1.19 bits per heavy atom. The Balaban J connectivity index is 2.45. The normalized spacial score (nSPS) is 10.4. The maximum Gasteiger partial charge on any atom is 0.0992 e. The van der Waals surface area contributed by atoms with E-state index >= 15 is 0 Å². The Morgan fingerprint density at radius 2 is 1.94 bits per heavy atom. The summed E-state index contributed by atoms with van der Waals surface area (Å²) in [6.45, 7) is 6.38. The summed E-state index contributed by atoms with van der Waals surface area (Å²) in [5.74, 6) is 0. The maximum atomic E-state index is 4.10. The van der Waals surface area contributed by atoms with Crippen molar-refractivity contribution in [3.63, 3.8) is 0 Å². The Hall–Kier alpha value is -1.77. The minimum atomic E-state index is 1.02. The van der Waals surface area contributed by atoms with E-state index in [1.165, 1.54) is 11.4 Å². The van der Waals surface area contributed by atoms with Crippen LogP contribution in [0.1, 0.15) is 13.8 Å². The van der Waals surface area contributed by atoms with E-state index in [0.717, 1.165) is 13.1 Å². The van der Waals surface area contributed by atoms with Crippen molar-refractivity contribution in [2.24, 2.45) is 0 Å². The van der Waals surface area contributed by atoms with Gasteiger partial charge in [0.05, 0.1) is 17.7 Å². The third kappa shape index (κ3) is 1.94. The Kier molecular flexibility index (Phi) is 3.25. The zero-order chi connectivity index (χ0) is 11.4. The van der Waals surface area contributed by atoms with E-state index in [4.69, 9.17) is 0 Å². The molecule has 84 valence electrons. The van der Waals surface area contributed by atoms with Crippen LogP contribution in [0.25, 0.3) is 5.69 Å². The highest BCUT2D eigenvalue weighted by Crippen LogP contribution is 2.23. The van der Waals surface area contributed by atoms with Gasteiger partial charge in [0.25, 0.3) is 0 Å². The molecule has 0 atom stereocenters. The van der Waals surface area contributed by atoms with Crippen LogP contribution in [0.4, 0.5) is 5.69 Å². The molecular formula is C13H17N3. The van der Waals surface area contributed by atoms with Crippen molar-refractivity contribution in [2.75, 3.05) is 18.0 Å². The third-order valence-corrected chi connectivity index (χ3v) is 2.77. The maximum absolute atomic E-state index is 4.10. The monoisotopic (exact) mass is 215 g/mol. The van der Waals surface area contributed by atoms with E-state index in [9.17, 15) is 0 Å². The molecule has 2 aromatic rings. The summed E-state index contributed by atoms with van der Waals surface area (Å²) in [6, 6.07) is 8.41. The van der Waals surface area contributed by atoms with Gasteiger partial charge in [0.2, 0.25) is 0 Å². The van der Waals surface area contributed by atoms with E-state index in [-0.39, 0.29) is 0 Å². The quantitative estimate of drug-likeness (QED) is 0.782. The fourth-order valence-electron chi connectivity index (χ4n) is 1.92. The Labute approximate surface area is 96.3 Å². The molecule has 0 fully saturated rings. The Morgan fingerprint density at radius 3 is 2.56 bits per heavy atom. The molecule has 16 heavy (non-hydrogen) atoms.